The average Bonchev–Trinajstić information content (AvgIpc) is 3.13. The molecule has 0 atom stereocenters. The smallest absolute Gasteiger partial charge is 0.193 e. The first-order chi connectivity index (χ1) is 12.7. The van der Waals surface area contributed by atoms with E-state index in [1.165, 1.54) is 16.4 Å². The topological polar surface area (TPSA) is 43.8 Å². The average molecular weight is 392 g/mol. The molecule has 0 saturated carbocycles. The van der Waals surface area contributed by atoms with Crippen molar-refractivity contribution < 1.29 is 0 Å². The molecule has 140 valence electrons. The van der Waals surface area contributed by atoms with E-state index in [9.17, 15) is 0 Å². The fourth-order valence-electron chi connectivity index (χ4n) is 3.11. The lowest BCUT2D eigenvalue weighted by Crippen LogP contribution is -2.52. The van der Waals surface area contributed by atoms with Gasteiger partial charge in [-0.15, -0.1) is 11.3 Å². The molecule has 1 saturated heterocycles. The molecule has 0 amide bonds. The first kappa shape index (κ1) is 19.0. The van der Waals surface area contributed by atoms with E-state index in [4.69, 9.17) is 11.6 Å². The first-order valence-electron chi connectivity index (χ1n) is 9.09. The number of thiazole rings is 1. The van der Waals surface area contributed by atoms with Gasteiger partial charge in [0.1, 0.15) is 0 Å². The van der Waals surface area contributed by atoms with Gasteiger partial charge in [-0.25, -0.2) is 4.98 Å². The summed E-state index contributed by atoms with van der Waals surface area (Å²) in [5.41, 5.74) is 2.36. The molecular weight excluding hydrogens is 366 g/mol. The predicted octanol–water partition coefficient (Wildman–Crippen LogP) is 3.30. The van der Waals surface area contributed by atoms with Crippen molar-refractivity contribution in [3.8, 4) is 0 Å². The normalized spacial score (nSPS) is 15.4. The summed E-state index contributed by atoms with van der Waals surface area (Å²) in [4.78, 5) is 13.8. The van der Waals surface area contributed by atoms with Crippen molar-refractivity contribution in [1.82, 2.24) is 15.2 Å². The van der Waals surface area contributed by atoms with Gasteiger partial charge in [-0.1, -0.05) is 24.6 Å². The first-order valence-corrected chi connectivity index (χ1v) is 10.3. The van der Waals surface area contributed by atoms with Crippen LogP contribution in [0.4, 0.5) is 5.69 Å². The number of nitrogens with one attached hydrogen (secondary N) is 1. The highest BCUT2D eigenvalue weighted by atomic mass is 35.5. The predicted molar refractivity (Wildman–Crippen MR) is 112 cm³/mol. The van der Waals surface area contributed by atoms with Gasteiger partial charge in [0.15, 0.2) is 5.96 Å². The Hall–Kier alpha value is -1.79. The van der Waals surface area contributed by atoms with Gasteiger partial charge in [-0.2, -0.15) is 0 Å². The number of nitrogens with zero attached hydrogens (tertiary/aromatic N) is 4. The lowest BCUT2D eigenvalue weighted by Gasteiger charge is -2.37. The van der Waals surface area contributed by atoms with Crippen molar-refractivity contribution in [1.29, 1.82) is 0 Å². The van der Waals surface area contributed by atoms with Crippen LogP contribution < -0.4 is 10.2 Å². The van der Waals surface area contributed by atoms with E-state index in [1.807, 2.05) is 25.2 Å². The zero-order valence-corrected chi connectivity index (χ0v) is 17.0. The molecule has 0 aliphatic carbocycles. The van der Waals surface area contributed by atoms with E-state index >= 15 is 0 Å². The van der Waals surface area contributed by atoms with E-state index in [0.717, 1.165) is 56.5 Å². The van der Waals surface area contributed by atoms with Crippen LogP contribution in [-0.2, 0) is 12.8 Å². The summed E-state index contributed by atoms with van der Waals surface area (Å²) in [6, 6.07) is 8.07. The minimum absolute atomic E-state index is 0.788. The molecular formula is C19H26ClN5S. The Morgan fingerprint density at radius 2 is 2.12 bits per heavy atom. The van der Waals surface area contributed by atoms with Crippen molar-refractivity contribution in [3.63, 3.8) is 0 Å². The molecule has 26 heavy (non-hydrogen) atoms. The number of aryl methyl sites for hydroxylation is 1. The maximum atomic E-state index is 6.11. The van der Waals surface area contributed by atoms with Crippen LogP contribution in [0, 0.1) is 0 Å². The largest absolute Gasteiger partial charge is 0.368 e. The number of guanidine groups is 1. The Bertz CT molecular complexity index is 737. The van der Waals surface area contributed by atoms with Crippen molar-refractivity contribution >= 4 is 34.6 Å². The van der Waals surface area contributed by atoms with E-state index in [-0.39, 0.29) is 0 Å². The van der Waals surface area contributed by atoms with Gasteiger partial charge in [0, 0.05) is 62.3 Å². The van der Waals surface area contributed by atoms with E-state index in [1.54, 1.807) is 11.3 Å². The quantitative estimate of drug-likeness (QED) is 0.627. The number of hydrogen-bond acceptors (Lipinski definition) is 4. The Labute approximate surface area is 164 Å². The molecule has 1 fully saturated rings. The van der Waals surface area contributed by atoms with Crippen LogP contribution in [0.25, 0.3) is 0 Å². The molecule has 0 bridgehead atoms. The summed E-state index contributed by atoms with van der Waals surface area (Å²) in [6.45, 7) is 6.82. The lowest BCUT2D eigenvalue weighted by atomic mass is 10.2. The van der Waals surface area contributed by atoms with Gasteiger partial charge in [0.25, 0.3) is 0 Å². The molecule has 2 heterocycles. The molecule has 0 radical (unpaired) electrons. The maximum absolute atomic E-state index is 6.11. The molecule has 5 nitrogen and oxygen atoms in total. The Kier molecular flexibility index (Phi) is 6.74. The van der Waals surface area contributed by atoms with E-state index in [0.29, 0.717) is 0 Å². The van der Waals surface area contributed by atoms with Crippen molar-refractivity contribution in [2.24, 2.45) is 4.99 Å². The summed E-state index contributed by atoms with van der Waals surface area (Å²) in [5.74, 6) is 0.974. The van der Waals surface area contributed by atoms with Crippen molar-refractivity contribution in [3.05, 3.63) is 45.4 Å². The van der Waals surface area contributed by atoms with Gasteiger partial charge >= 0.3 is 0 Å². The zero-order chi connectivity index (χ0) is 18.4. The molecule has 1 aliphatic heterocycles. The second kappa shape index (κ2) is 9.24. The second-order valence-corrected chi connectivity index (χ2v) is 7.64. The second-order valence-electron chi connectivity index (χ2n) is 6.26. The highest BCUT2D eigenvalue weighted by Crippen LogP contribution is 2.20. The van der Waals surface area contributed by atoms with Crippen LogP contribution in [-0.4, -0.2) is 55.6 Å². The van der Waals surface area contributed by atoms with Crippen LogP contribution in [0.2, 0.25) is 5.02 Å². The van der Waals surface area contributed by atoms with Crippen LogP contribution in [0.1, 0.15) is 17.6 Å². The van der Waals surface area contributed by atoms with Crippen molar-refractivity contribution in [2.45, 2.75) is 19.8 Å². The highest BCUT2D eigenvalue weighted by molar-refractivity contribution is 7.09. The Morgan fingerprint density at radius 1 is 1.31 bits per heavy atom. The van der Waals surface area contributed by atoms with Gasteiger partial charge in [-0.05, 0) is 24.6 Å². The third kappa shape index (κ3) is 4.89. The van der Waals surface area contributed by atoms with Crippen LogP contribution in [0.3, 0.4) is 0 Å². The van der Waals surface area contributed by atoms with Crippen molar-refractivity contribution in [2.75, 3.05) is 44.7 Å². The van der Waals surface area contributed by atoms with Gasteiger partial charge in [-0.3, -0.25) is 4.99 Å². The summed E-state index contributed by atoms with van der Waals surface area (Å²) in [6.07, 6.45) is 1.94. The monoisotopic (exact) mass is 391 g/mol. The zero-order valence-electron chi connectivity index (χ0n) is 15.4. The molecule has 1 aromatic heterocycles. The third-order valence-corrected chi connectivity index (χ3v) is 5.81. The number of anilines is 1. The highest BCUT2D eigenvalue weighted by Gasteiger charge is 2.19. The standard InChI is InChI=1S/C19H26ClN5S/c1-3-18-23-16(14-26-18)7-8-22-19(21-2)25-11-9-24(10-12-25)17-6-4-5-15(20)13-17/h4-6,13-14H,3,7-12H2,1-2H3,(H,21,22). The number of rotatable bonds is 5. The molecule has 3 rings (SSSR count). The molecule has 2 aromatic rings. The number of benzene rings is 1. The van der Waals surface area contributed by atoms with Crippen LogP contribution >= 0.6 is 22.9 Å². The molecule has 1 aromatic carbocycles. The van der Waals surface area contributed by atoms with E-state index in [2.05, 4.69) is 43.5 Å². The molecule has 1 N–H and O–H groups in total. The minimum Gasteiger partial charge on any atom is -0.368 e. The number of halogens is 1. The number of piperazine rings is 1. The SMILES string of the molecule is CCc1nc(CCNC(=NC)N2CCN(c3cccc(Cl)c3)CC2)cs1. The van der Waals surface area contributed by atoms with Gasteiger partial charge in [0.2, 0.25) is 0 Å². The number of hydrogen-bond donors (Lipinski definition) is 1. The molecule has 7 heteroatoms. The lowest BCUT2D eigenvalue weighted by molar-refractivity contribution is 0.373. The summed E-state index contributed by atoms with van der Waals surface area (Å²) in [7, 11) is 1.85. The van der Waals surface area contributed by atoms with Gasteiger partial charge in [0.05, 0.1) is 10.7 Å². The maximum Gasteiger partial charge on any atom is 0.193 e. The fourth-order valence-corrected chi connectivity index (χ4v) is 4.07. The third-order valence-electron chi connectivity index (χ3n) is 4.53. The Balaban J connectivity index is 1.47. The Morgan fingerprint density at radius 3 is 2.77 bits per heavy atom. The molecule has 1 aliphatic rings. The summed E-state index contributed by atoms with van der Waals surface area (Å²) >= 11 is 7.86. The summed E-state index contributed by atoms with van der Waals surface area (Å²) < 4.78 is 0. The fraction of sp³-hybridized carbons (Fsp3) is 0.474. The van der Waals surface area contributed by atoms with E-state index < -0.39 is 0 Å². The van der Waals surface area contributed by atoms with Gasteiger partial charge < -0.3 is 15.1 Å². The molecule has 0 unspecified atom stereocenters. The number of aliphatic imine (C=N–C) groups is 1. The molecule has 0 spiro atoms. The minimum atomic E-state index is 0.788. The van der Waals surface area contributed by atoms with Crippen LogP contribution in [0.15, 0.2) is 34.6 Å². The summed E-state index contributed by atoms with van der Waals surface area (Å²) in [5, 5.41) is 7.64. The number of aromatic nitrogens is 1. The van der Waals surface area contributed by atoms with Crippen LogP contribution in [0.5, 0.6) is 0 Å².